The molecule has 0 bridgehead atoms. The molecule has 0 aliphatic rings. The van der Waals surface area contributed by atoms with Gasteiger partial charge in [-0.25, -0.2) is 0 Å². The first-order chi connectivity index (χ1) is 10.7. The Hall–Kier alpha value is -3.90. The Kier molecular flexibility index (Phi) is 4.29. The molecule has 0 aliphatic carbocycles. The lowest BCUT2D eigenvalue weighted by molar-refractivity contribution is 0.411. The number of anilines is 1. The number of hydrogen-bond acceptors (Lipinski definition) is 8. The van der Waals surface area contributed by atoms with Gasteiger partial charge in [0.2, 0.25) is 0 Å². The van der Waals surface area contributed by atoms with Crippen LogP contribution in [0.1, 0.15) is 0 Å². The molecule has 0 atom stereocenters. The van der Waals surface area contributed by atoms with Crippen molar-refractivity contribution in [1.82, 2.24) is 20.2 Å². The molecule has 2 aromatic rings. The van der Waals surface area contributed by atoms with E-state index < -0.39 is 0 Å². The molecule has 1 aromatic carbocycles. The van der Waals surface area contributed by atoms with Gasteiger partial charge in [-0.3, -0.25) is 0 Å². The summed E-state index contributed by atoms with van der Waals surface area (Å²) in [5.41, 5.74) is 0.641. The fourth-order valence-electron chi connectivity index (χ4n) is 1.64. The molecular weight excluding hydrogens is 284 g/mol. The Morgan fingerprint density at radius 3 is 2.55 bits per heavy atom. The molecular formula is C13H8N8O. The van der Waals surface area contributed by atoms with Crippen LogP contribution in [0, 0.1) is 34.0 Å². The standard InChI is InChI=1S/C13H8N8O/c1-22-13-4-10(18-11(7-16)9(5-14)6-15)2-3-12(13)21-8-17-19-20-21/h2-4,8,18H,1H3. The second kappa shape index (κ2) is 6.51. The molecule has 0 fully saturated rings. The number of allylic oxidation sites excluding steroid dienone is 2. The van der Waals surface area contributed by atoms with E-state index in [2.05, 4.69) is 20.8 Å². The van der Waals surface area contributed by atoms with Crippen molar-refractivity contribution in [2.24, 2.45) is 0 Å². The zero-order valence-corrected chi connectivity index (χ0v) is 11.3. The maximum absolute atomic E-state index is 9.02. The zero-order chi connectivity index (χ0) is 15.9. The molecule has 0 unspecified atom stereocenters. The number of benzene rings is 1. The Labute approximate surface area is 125 Å². The largest absolute Gasteiger partial charge is 0.494 e. The Morgan fingerprint density at radius 2 is 2.00 bits per heavy atom. The SMILES string of the molecule is COc1cc(NC(C#N)=C(C#N)C#N)ccc1-n1cnnn1. The Bertz CT molecular complexity index is 816. The van der Waals surface area contributed by atoms with Gasteiger partial charge in [0.05, 0.1) is 7.11 Å². The summed E-state index contributed by atoms with van der Waals surface area (Å²) in [6.07, 6.45) is 1.41. The molecule has 1 aromatic heterocycles. The normalized spacial score (nSPS) is 9.00. The summed E-state index contributed by atoms with van der Waals surface area (Å²) < 4.78 is 6.67. The first kappa shape index (κ1) is 14.5. The third-order valence-electron chi connectivity index (χ3n) is 2.63. The second-order valence-corrected chi connectivity index (χ2v) is 3.85. The summed E-state index contributed by atoms with van der Waals surface area (Å²) >= 11 is 0. The number of tetrazole rings is 1. The minimum atomic E-state index is -0.300. The molecule has 9 heteroatoms. The molecule has 1 N–H and O–H groups in total. The summed E-state index contributed by atoms with van der Waals surface area (Å²) in [6, 6.07) is 10.0. The summed E-state index contributed by atoms with van der Waals surface area (Å²) in [7, 11) is 1.48. The quantitative estimate of drug-likeness (QED) is 0.821. The van der Waals surface area contributed by atoms with Crippen molar-refractivity contribution in [2.45, 2.75) is 0 Å². The minimum absolute atomic E-state index is 0.137. The van der Waals surface area contributed by atoms with Gasteiger partial charge in [0.25, 0.3) is 0 Å². The van der Waals surface area contributed by atoms with Crippen LogP contribution in [0.2, 0.25) is 0 Å². The van der Waals surface area contributed by atoms with Crippen molar-refractivity contribution in [1.29, 1.82) is 15.8 Å². The Balaban J connectivity index is 2.40. The van der Waals surface area contributed by atoms with E-state index in [0.29, 0.717) is 17.1 Å². The number of nitriles is 3. The third kappa shape index (κ3) is 2.82. The van der Waals surface area contributed by atoms with Crippen LogP contribution in [0.5, 0.6) is 5.75 Å². The van der Waals surface area contributed by atoms with E-state index in [1.807, 2.05) is 0 Å². The van der Waals surface area contributed by atoms with Crippen LogP contribution in [0.3, 0.4) is 0 Å². The fraction of sp³-hybridized carbons (Fsp3) is 0.0769. The van der Waals surface area contributed by atoms with E-state index >= 15 is 0 Å². The zero-order valence-electron chi connectivity index (χ0n) is 11.3. The summed E-state index contributed by atoms with van der Waals surface area (Å²) in [6.45, 7) is 0. The predicted octanol–water partition coefficient (Wildman–Crippen LogP) is 0.908. The summed E-state index contributed by atoms with van der Waals surface area (Å²) in [5.74, 6) is 0.449. The lowest BCUT2D eigenvalue weighted by Gasteiger charge is -2.10. The van der Waals surface area contributed by atoms with E-state index in [1.54, 1.807) is 36.4 Å². The smallest absolute Gasteiger partial charge is 0.163 e. The minimum Gasteiger partial charge on any atom is -0.494 e. The predicted molar refractivity (Wildman–Crippen MR) is 73.2 cm³/mol. The van der Waals surface area contributed by atoms with Gasteiger partial charge in [0, 0.05) is 11.8 Å². The summed E-state index contributed by atoms with van der Waals surface area (Å²) in [5, 5.41) is 40.2. The maximum atomic E-state index is 9.02. The molecule has 9 nitrogen and oxygen atoms in total. The van der Waals surface area contributed by atoms with Crippen LogP contribution in [0.15, 0.2) is 35.8 Å². The van der Waals surface area contributed by atoms with Crippen molar-refractivity contribution in [3.8, 4) is 29.6 Å². The highest BCUT2D eigenvalue weighted by Gasteiger charge is 2.10. The van der Waals surface area contributed by atoms with Gasteiger partial charge in [-0.15, -0.1) is 5.10 Å². The van der Waals surface area contributed by atoms with E-state index in [9.17, 15) is 0 Å². The highest BCUT2D eigenvalue weighted by atomic mass is 16.5. The van der Waals surface area contributed by atoms with Crippen LogP contribution in [0.4, 0.5) is 5.69 Å². The molecule has 0 amide bonds. The highest BCUT2D eigenvalue weighted by Crippen LogP contribution is 2.26. The molecule has 1 heterocycles. The van der Waals surface area contributed by atoms with Gasteiger partial charge < -0.3 is 10.1 Å². The van der Waals surface area contributed by atoms with E-state index in [0.717, 1.165) is 0 Å². The molecule has 0 spiro atoms. The van der Waals surface area contributed by atoms with E-state index in [-0.39, 0.29) is 11.3 Å². The molecule has 0 aliphatic heterocycles. The second-order valence-electron chi connectivity index (χ2n) is 3.85. The molecule has 0 saturated heterocycles. The van der Waals surface area contributed by atoms with E-state index in [1.165, 1.54) is 18.1 Å². The number of ether oxygens (including phenoxy) is 1. The molecule has 0 radical (unpaired) electrons. The monoisotopic (exact) mass is 292 g/mol. The average Bonchev–Trinajstić information content (AvgIpc) is 3.09. The number of nitrogens with one attached hydrogen (secondary N) is 1. The van der Waals surface area contributed by atoms with Gasteiger partial charge in [0.1, 0.15) is 41.7 Å². The number of nitrogens with zero attached hydrogens (tertiary/aromatic N) is 7. The number of methoxy groups -OCH3 is 1. The lowest BCUT2D eigenvalue weighted by atomic mass is 10.2. The van der Waals surface area contributed by atoms with Crippen LogP contribution >= 0.6 is 0 Å². The number of aromatic nitrogens is 4. The van der Waals surface area contributed by atoms with Gasteiger partial charge >= 0.3 is 0 Å². The van der Waals surface area contributed by atoms with Gasteiger partial charge in [-0.2, -0.15) is 20.5 Å². The first-order valence-electron chi connectivity index (χ1n) is 5.86. The first-order valence-corrected chi connectivity index (χ1v) is 5.86. The van der Waals surface area contributed by atoms with Crippen molar-refractivity contribution >= 4 is 5.69 Å². The van der Waals surface area contributed by atoms with Gasteiger partial charge in [-0.1, -0.05) is 0 Å². The Morgan fingerprint density at radius 1 is 1.23 bits per heavy atom. The van der Waals surface area contributed by atoms with Crippen molar-refractivity contribution in [3.63, 3.8) is 0 Å². The van der Waals surface area contributed by atoms with Crippen molar-refractivity contribution in [2.75, 3.05) is 12.4 Å². The topological polar surface area (TPSA) is 136 Å². The molecule has 22 heavy (non-hydrogen) atoms. The lowest BCUT2D eigenvalue weighted by Crippen LogP contribution is -2.03. The van der Waals surface area contributed by atoms with Crippen LogP contribution in [-0.4, -0.2) is 27.3 Å². The highest BCUT2D eigenvalue weighted by molar-refractivity contribution is 5.63. The fourth-order valence-corrected chi connectivity index (χ4v) is 1.64. The maximum Gasteiger partial charge on any atom is 0.163 e. The van der Waals surface area contributed by atoms with E-state index in [4.69, 9.17) is 20.5 Å². The van der Waals surface area contributed by atoms with Crippen LogP contribution < -0.4 is 10.1 Å². The number of hydrogen-bond donors (Lipinski definition) is 1. The summed E-state index contributed by atoms with van der Waals surface area (Å²) in [4.78, 5) is 0. The average molecular weight is 292 g/mol. The molecule has 2 rings (SSSR count). The van der Waals surface area contributed by atoms with Crippen molar-refractivity contribution < 1.29 is 4.74 Å². The van der Waals surface area contributed by atoms with Crippen LogP contribution in [0.25, 0.3) is 5.69 Å². The third-order valence-corrected chi connectivity index (χ3v) is 2.63. The van der Waals surface area contributed by atoms with Crippen LogP contribution in [-0.2, 0) is 0 Å². The van der Waals surface area contributed by atoms with Gasteiger partial charge in [0.15, 0.2) is 5.57 Å². The molecule has 0 saturated carbocycles. The number of rotatable bonds is 4. The van der Waals surface area contributed by atoms with Crippen molar-refractivity contribution in [3.05, 3.63) is 35.8 Å². The van der Waals surface area contributed by atoms with Gasteiger partial charge in [-0.05, 0) is 22.6 Å². The molecule has 106 valence electrons.